The van der Waals surface area contributed by atoms with Crippen molar-refractivity contribution in [3.8, 4) is 17.3 Å². The summed E-state index contributed by atoms with van der Waals surface area (Å²) in [4.78, 5) is 16.4. The van der Waals surface area contributed by atoms with E-state index in [2.05, 4.69) is 4.98 Å². The van der Waals surface area contributed by atoms with E-state index in [1.807, 2.05) is 13.0 Å². The average Bonchev–Trinajstić information content (AvgIpc) is 2.47. The van der Waals surface area contributed by atoms with Crippen LogP contribution in [0.4, 0.5) is 0 Å². The molecule has 0 aliphatic heterocycles. The number of rotatable bonds is 2. The van der Waals surface area contributed by atoms with Crippen molar-refractivity contribution in [2.24, 2.45) is 0 Å². The smallest absolute Gasteiger partial charge is 0.268 e. The second-order valence-electron chi connectivity index (χ2n) is 4.72. The number of hydrogen-bond acceptors (Lipinski definition) is 4. The Morgan fingerprint density at radius 2 is 1.90 bits per heavy atom. The highest BCUT2D eigenvalue weighted by atomic mass is 16.5. The maximum absolute atomic E-state index is 12.7. The Labute approximate surface area is 121 Å². The molecule has 2 aromatic heterocycles. The highest BCUT2D eigenvalue weighted by Crippen LogP contribution is 2.21. The molecule has 3 rings (SSSR count). The van der Waals surface area contributed by atoms with Crippen molar-refractivity contribution in [2.45, 2.75) is 6.92 Å². The molecule has 0 fully saturated rings. The summed E-state index contributed by atoms with van der Waals surface area (Å²) in [6, 6.07) is 10.7. The first-order chi connectivity index (χ1) is 10.1. The zero-order valence-electron chi connectivity index (χ0n) is 11.7. The molecule has 0 saturated carbocycles. The molecule has 106 valence electrons. The molecule has 0 atom stereocenters. The number of hydrogen-bond donors (Lipinski definition) is 1. The van der Waals surface area contributed by atoms with E-state index in [-0.39, 0.29) is 16.8 Å². The molecule has 0 amide bonds. The standard InChI is InChI=1S/C16H14N2O3/c1-10-9-11-7-8-17-15(19)14(11)16(20)18(10)12-3-5-13(21-2)6-4-12/h3-9H,1-2H3,(H,17,19). The summed E-state index contributed by atoms with van der Waals surface area (Å²) in [6.07, 6.45) is 1.48. The summed E-state index contributed by atoms with van der Waals surface area (Å²) in [5, 5.41) is 10.7. The molecule has 5 nitrogen and oxygen atoms in total. The Balaban J connectivity index is 2.31. The van der Waals surface area contributed by atoms with Gasteiger partial charge >= 0.3 is 0 Å². The molecular formula is C16H14N2O3. The average molecular weight is 282 g/mol. The molecule has 21 heavy (non-hydrogen) atoms. The first kappa shape index (κ1) is 13.2. The largest absolute Gasteiger partial charge is 0.497 e. The van der Waals surface area contributed by atoms with E-state index in [1.165, 1.54) is 6.20 Å². The molecule has 0 spiro atoms. The maximum atomic E-state index is 12.7. The number of fused-ring (bicyclic) bond motifs is 1. The summed E-state index contributed by atoms with van der Waals surface area (Å²) in [5.74, 6) is 0.467. The minimum absolute atomic E-state index is 0.221. The van der Waals surface area contributed by atoms with Crippen LogP contribution in [-0.2, 0) is 0 Å². The predicted molar refractivity (Wildman–Crippen MR) is 80.3 cm³/mol. The van der Waals surface area contributed by atoms with Crippen molar-refractivity contribution in [1.82, 2.24) is 9.55 Å². The lowest BCUT2D eigenvalue weighted by molar-refractivity contribution is 0.414. The van der Waals surface area contributed by atoms with Crippen molar-refractivity contribution in [1.29, 1.82) is 0 Å². The highest BCUT2D eigenvalue weighted by Gasteiger charge is 2.12. The monoisotopic (exact) mass is 282 g/mol. The fourth-order valence-electron chi connectivity index (χ4n) is 2.42. The Bertz CT molecular complexity index is 867. The second kappa shape index (κ2) is 4.94. The van der Waals surface area contributed by atoms with Crippen LogP contribution in [0.5, 0.6) is 11.6 Å². The van der Waals surface area contributed by atoms with Gasteiger partial charge in [-0.15, -0.1) is 0 Å². The molecule has 0 unspecified atom stereocenters. The summed E-state index contributed by atoms with van der Waals surface area (Å²) in [7, 11) is 1.59. The van der Waals surface area contributed by atoms with Gasteiger partial charge in [0.15, 0.2) is 0 Å². The third-order valence-electron chi connectivity index (χ3n) is 3.43. The van der Waals surface area contributed by atoms with E-state index in [9.17, 15) is 9.90 Å². The first-order valence-electron chi connectivity index (χ1n) is 6.46. The van der Waals surface area contributed by atoms with Gasteiger partial charge in [-0.1, -0.05) is 0 Å². The van der Waals surface area contributed by atoms with E-state index < -0.39 is 0 Å². The lowest BCUT2D eigenvalue weighted by Crippen LogP contribution is -2.20. The van der Waals surface area contributed by atoms with Crippen LogP contribution >= 0.6 is 0 Å². The number of pyridine rings is 2. The first-order valence-corrected chi connectivity index (χ1v) is 6.46. The van der Waals surface area contributed by atoms with E-state index in [4.69, 9.17) is 4.74 Å². The molecule has 0 radical (unpaired) electrons. The summed E-state index contributed by atoms with van der Waals surface area (Å²) >= 11 is 0. The van der Waals surface area contributed by atoms with Gasteiger partial charge in [-0.2, -0.15) is 0 Å². The van der Waals surface area contributed by atoms with E-state index in [1.54, 1.807) is 42.0 Å². The minimum Gasteiger partial charge on any atom is -0.497 e. The van der Waals surface area contributed by atoms with Crippen LogP contribution < -0.4 is 10.3 Å². The van der Waals surface area contributed by atoms with Gasteiger partial charge in [0.05, 0.1) is 7.11 Å². The predicted octanol–water partition coefficient (Wildman–Crippen LogP) is 2.41. The number of ether oxygens (including phenoxy) is 1. The summed E-state index contributed by atoms with van der Waals surface area (Å²) in [5.41, 5.74) is 1.20. The topological polar surface area (TPSA) is 64.3 Å². The van der Waals surface area contributed by atoms with Crippen LogP contribution in [0.1, 0.15) is 5.69 Å². The fourth-order valence-corrected chi connectivity index (χ4v) is 2.42. The third kappa shape index (κ3) is 2.12. The quantitative estimate of drug-likeness (QED) is 0.784. The molecule has 0 aliphatic rings. The molecule has 1 N–H and O–H groups in total. The molecule has 2 heterocycles. The van der Waals surface area contributed by atoms with Crippen LogP contribution in [0, 0.1) is 6.92 Å². The molecule has 5 heteroatoms. The molecule has 3 aromatic rings. The van der Waals surface area contributed by atoms with E-state index in [0.717, 1.165) is 11.4 Å². The lowest BCUT2D eigenvalue weighted by Gasteiger charge is -2.12. The van der Waals surface area contributed by atoms with Crippen LogP contribution in [0.2, 0.25) is 0 Å². The molecule has 0 aliphatic carbocycles. The Kier molecular flexibility index (Phi) is 3.10. The maximum Gasteiger partial charge on any atom is 0.268 e. The molecule has 1 aromatic carbocycles. The molecular weight excluding hydrogens is 268 g/mol. The van der Waals surface area contributed by atoms with Gasteiger partial charge in [0.2, 0.25) is 5.88 Å². The van der Waals surface area contributed by atoms with Crippen LogP contribution in [-0.4, -0.2) is 21.8 Å². The second-order valence-corrected chi connectivity index (χ2v) is 4.72. The van der Waals surface area contributed by atoms with Gasteiger partial charge in [0, 0.05) is 17.6 Å². The van der Waals surface area contributed by atoms with Crippen LogP contribution in [0.3, 0.4) is 0 Å². The third-order valence-corrected chi connectivity index (χ3v) is 3.43. The normalized spacial score (nSPS) is 10.8. The van der Waals surface area contributed by atoms with Crippen molar-refractivity contribution < 1.29 is 9.84 Å². The fraction of sp³-hybridized carbons (Fsp3) is 0.125. The number of aromatic hydroxyl groups is 1. The van der Waals surface area contributed by atoms with Crippen molar-refractivity contribution in [2.75, 3.05) is 7.11 Å². The Morgan fingerprint density at radius 1 is 1.19 bits per heavy atom. The van der Waals surface area contributed by atoms with Crippen LogP contribution in [0.15, 0.2) is 47.4 Å². The zero-order valence-corrected chi connectivity index (χ0v) is 11.7. The number of nitrogens with zero attached hydrogens (tertiary/aromatic N) is 2. The van der Waals surface area contributed by atoms with Crippen molar-refractivity contribution in [3.63, 3.8) is 0 Å². The highest BCUT2D eigenvalue weighted by molar-refractivity contribution is 5.86. The SMILES string of the molecule is COc1ccc(-n2c(C)cc3ccnc(O)c3c2=O)cc1. The minimum atomic E-state index is -0.291. The van der Waals surface area contributed by atoms with E-state index >= 15 is 0 Å². The Morgan fingerprint density at radius 3 is 2.57 bits per heavy atom. The zero-order chi connectivity index (χ0) is 15.0. The number of aryl methyl sites for hydroxylation is 1. The van der Waals surface area contributed by atoms with Gasteiger partial charge in [0.25, 0.3) is 5.56 Å². The van der Waals surface area contributed by atoms with Gasteiger partial charge in [-0.3, -0.25) is 9.36 Å². The summed E-state index contributed by atoms with van der Waals surface area (Å²) in [6.45, 7) is 1.85. The van der Waals surface area contributed by atoms with Crippen molar-refractivity contribution in [3.05, 3.63) is 58.6 Å². The lowest BCUT2D eigenvalue weighted by atomic mass is 10.1. The van der Waals surface area contributed by atoms with Gasteiger partial charge in [-0.05, 0) is 48.7 Å². The van der Waals surface area contributed by atoms with E-state index in [0.29, 0.717) is 11.1 Å². The van der Waals surface area contributed by atoms with Crippen molar-refractivity contribution >= 4 is 10.8 Å². The molecule has 0 bridgehead atoms. The number of aromatic nitrogens is 2. The summed E-state index contributed by atoms with van der Waals surface area (Å²) < 4.78 is 6.66. The number of benzene rings is 1. The van der Waals surface area contributed by atoms with Gasteiger partial charge in [-0.25, -0.2) is 4.98 Å². The van der Waals surface area contributed by atoms with Gasteiger partial charge in [0.1, 0.15) is 11.1 Å². The number of methoxy groups -OCH3 is 1. The van der Waals surface area contributed by atoms with Gasteiger partial charge < -0.3 is 9.84 Å². The Hall–Kier alpha value is -2.82. The van der Waals surface area contributed by atoms with Crippen LogP contribution in [0.25, 0.3) is 16.5 Å². The molecule has 0 saturated heterocycles.